The van der Waals surface area contributed by atoms with Crippen molar-refractivity contribution in [1.29, 1.82) is 0 Å². The number of nitrogens with one attached hydrogen (secondary N) is 1. The average Bonchev–Trinajstić information content (AvgIpc) is 2.92. The molecule has 1 fully saturated rings. The molecule has 0 radical (unpaired) electrons. The van der Waals surface area contributed by atoms with Gasteiger partial charge in [-0.15, -0.1) is 0 Å². The van der Waals surface area contributed by atoms with Crippen LogP contribution in [0.15, 0.2) is 0 Å². The first-order valence-corrected chi connectivity index (χ1v) is 6.79. The molecule has 78 valence electrons. The maximum Gasteiger partial charge on any atom is 0.00683 e. The van der Waals surface area contributed by atoms with E-state index in [1.807, 2.05) is 0 Å². The summed E-state index contributed by atoms with van der Waals surface area (Å²) in [5, 5.41) is 3.59. The van der Waals surface area contributed by atoms with Crippen LogP contribution in [0, 0.1) is 5.92 Å². The van der Waals surface area contributed by atoms with Crippen molar-refractivity contribution in [3.8, 4) is 0 Å². The van der Waals surface area contributed by atoms with Gasteiger partial charge in [0.1, 0.15) is 0 Å². The zero-order chi connectivity index (χ0) is 9.52. The van der Waals surface area contributed by atoms with Crippen molar-refractivity contribution in [2.75, 3.05) is 18.1 Å². The predicted molar refractivity (Wildman–Crippen MR) is 62.4 cm³/mol. The van der Waals surface area contributed by atoms with Gasteiger partial charge in [-0.05, 0) is 49.7 Å². The Bertz CT molecular complexity index is 123. The van der Waals surface area contributed by atoms with E-state index < -0.39 is 0 Å². The third kappa shape index (κ3) is 6.39. The van der Waals surface area contributed by atoms with Gasteiger partial charge in [0, 0.05) is 6.04 Å². The van der Waals surface area contributed by atoms with Crippen LogP contribution in [0.3, 0.4) is 0 Å². The van der Waals surface area contributed by atoms with E-state index in [-0.39, 0.29) is 0 Å². The molecule has 2 heteroatoms. The van der Waals surface area contributed by atoms with Gasteiger partial charge in [-0.25, -0.2) is 0 Å². The Morgan fingerprint density at radius 2 is 2.23 bits per heavy atom. The highest BCUT2D eigenvalue weighted by Gasteiger charge is 2.20. The molecule has 0 amide bonds. The van der Waals surface area contributed by atoms with Crippen molar-refractivity contribution in [3.63, 3.8) is 0 Å². The molecule has 1 nitrogen and oxygen atoms in total. The lowest BCUT2D eigenvalue weighted by Gasteiger charge is -2.11. The van der Waals surface area contributed by atoms with Crippen molar-refractivity contribution >= 4 is 11.8 Å². The summed E-state index contributed by atoms with van der Waals surface area (Å²) in [5.41, 5.74) is 0. The van der Waals surface area contributed by atoms with Crippen LogP contribution in [-0.2, 0) is 0 Å². The maximum absolute atomic E-state index is 3.59. The molecule has 1 N–H and O–H groups in total. The fourth-order valence-electron chi connectivity index (χ4n) is 1.44. The zero-order valence-electron chi connectivity index (χ0n) is 9.01. The van der Waals surface area contributed by atoms with Crippen molar-refractivity contribution in [1.82, 2.24) is 5.32 Å². The molecule has 0 spiro atoms. The van der Waals surface area contributed by atoms with Gasteiger partial charge in [-0.3, -0.25) is 0 Å². The number of hydrogen-bond donors (Lipinski definition) is 1. The van der Waals surface area contributed by atoms with Crippen molar-refractivity contribution in [3.05, 3.63) is 0 Å². The summed E-state index contributed by atoms with van der Waals surface area (Å²) in [6.07, 6.45) is 5.62. The van der Waals surface area contributed by atoms with Gasteiger partial charge < -0.3 is 5.32 Å². The largest absolute Gasteiger partial charge is 0.314 e. The molecule has 1 saturated carbocycles. The summed E-state index contributed by atoms with van der Waals surface area (Å²) in [6.45, 7) is 5.84. The molecule has 0 aromatic heterocycles. The van der Waals surface area contributed by atoms with E-state index in [0.29, 0.717) is 0 Å². The highest BCUT2D eigenvalue weighted by molar-refractivity contribution is 7.99. The quantitative estimate of drug-likeness (QED) is 0.606. The van der Waals surface area contributed by atoms with E-state index >= 15 is 0 Å². The van der Waals surface area contributed by atoms with Crippen LogP contribution in [0.25, 0.3) is 0 Å². The van der Waals surface area contributed by atoms with Crippen LogP contribution in [0.5, 0.6) is 0 Å². The molecular formula is C11H23NS. The fraction of sp³-hybridized carbons (Fsp3) is 1.00. The second kappa shape index (κ2) is 6.72. The lowest BCUT2D eigenvalue weighted by atomic mass is 10.1. The van der Waals surface area contributed by atoms with E-state index in [4.69, 9.17) is 0 Å². The Morgan fingerprint density at radius 3 is 2.85 bits per heavy atom. The Kier molecular flexibility index (Phi) is 5.88. The molecule has 0 saturated heterocycles. The summed E-state index contributed by atoms with van der Waals surface area (Å²) in [5.74, 6) is 3.50. The van der Waals surface area contributed by atoms with Crippen LogP contribution in [-0.4, -0.2) is 24.1 Å². The topological polar surface area (TPSA) is 12.0 Å². The molecule has 0 aliphatic heterocycles. The third-order valence-corrected chi connectivity index (χ3v) is 3.51. The van der Waals surface area contributed by atoms with Crippen molar-refractivity contribution in [2.45, 2.75) is 45.6 Å². The number of hydrogen-bond acceptors (Lipinski definition) is 2. The molecule has 1 unspecified atom stereocenters. The van der Waals surface area contributed by atoms with Gasteiger partial charge in [-0.2, -0.15) is 11.8 Å². The van der Waals surface area contributed by atoms with Crippen LogP contribution >= 0.6 is 11.8 Å². The summed E-state index contributed by atoms with van der Waals surface area (Å²) in [6, 6.07) is 0.882. The molecule has 13 heavy (non-hydrogen) atoms. The Labute approximate surface area is 87.1 Å². The summed E-state index contributed by atoms with van der Waals surface area (Å²) >= 11 is 2.07. The second-order valence-corrected chi connectivity index (χ2v) is 5.52. The molecule has 0 aromatic rings. The average molecular weight is 201 g/mol. The summed E-state index contributed by atoms with van der Waals surface area (Å²) < 4.78 is 0. The SMILES string of the molecule is CCSCCCC(C)CNC1CC1. The minimum absolute atomic E-state index is 0.873. The molecule has 0 heterocycles. The first-order chi connectivity index (χ1) is 6.33. The number of thioether (sulfide) groups is 1. The van der Waals surface area contributed by atoms with E-state index in [0.717, 1.165) is 12.0 Å². The van der Waals surface area contributed by atoms with Crippen LogP contribution in [0.1, 0.15) is 39.5 Å². The lowest BCUT2D eigenvalue weighted by Crippen LogP contribution is -2.23. The monoisotopic (exact) mass is 201 g/mol. The van der Waals surface area contributed by atoms with E-state index in [1.54, 1.807) is 0 Å². The van der Waals surface area contributed by atoms with E-state index in [9.17, 15) is 0 Å². The minimum Gasteiger partial charge on any atom is -0.314 e. The van der Waals surface area contributed by atoms with Crippen LogP contribution in [0.2, 0.25) is 0 Å². The van der Waals surface area contributed by atoms with E-state index in [2.05, 4.69) is 30.9 Å². The van der Waals surface area contributed by atoms with Gasteiger partial charge in [0.25, 0.3) is 0 Å². The zero-order valence-corrected chi connectivity index (χ0v) is 9.83. The molecule has 0 bridgehead atoms. The molecule has 1 aliphatic carbocycles. The Hall–Kier alpha value is 0.310. The molecule has 0 aromatic carbocycles. The summed E-state index contributed by atoms with van der Waals surface area (Å²) in [7, 11) is 0. The molecule has 1 rings (SSSR count). The minimum atomic E-state index is 0.873. The standard InChI is InChI=1S/C11H23NS/c1-3-13-8-4-5-10(2)9-12-11-6-7-11/h10-12H,3-9H2,1-2H3. The Balaban J connectivity index is 1.81. The van der Waals surface area contributed by atoms with E-state index in [1.165, 1.54) is 43.7 Å². The van der Waals surface area contributed by atoms with Gasteiger partial charge in [-0.1, -0.05) is 13.8 Å². The van der Waals surface area contributed by atoms with Crippen molar-refractivity contribution in [2.24, 2.45) is 5.92 Å². The second-order valence-electron chi connectivity index (χ2n) is 4.13. The molecule has 1 atom stereocenters. The first kappa shape index (κ1) is 11.4. The lowest BCUT2D eigenvalue weighted by molar-refractivity contribution is 0.476. The normalized spacial score (nSPS) is 18.9. The Morgan fingerprint density at radius 1 is 1.46 bits per heavy atom. The first-order valence-electron chi connectivity index (χ1n) is 5.64. The molecule has 1 aliphatic rings. The van der Waals surface area contributed by atoms with Gasteiger partial charge in [0.15, 0.2) is 0 Å². The van der Waals surface area contributed by atoms with Gasteiger partial charge in [0.2, 0.25) is 0 Å². The number of rotatable bonds is 8. The van der Waals surface area contributed by atoms with Gasteiger partial charge >= 0.3 is 0 Å². The smallest absolute Gasteiger partial charge is 0.00683 e. The van der Waals surface area contributed by atoms with Crippen molar-refractivity contribution < 1.29 is 0 Å². The van der Waals surface area contributed by atoms with Crippen LogP contribution < -0.4 is 5.32 Å². The summed E-state index contributed by atoms with van der Waals surface area (Å²) in [4.78, 5) is 0. The predicted octanol–water partition coefficient (Wildman–Crippen LogP) is 2.91. The highest BCUT2D eigenvalue weighted by Crippen LogP contribution is 2.19. The highest BCUT2D eigenvalue weighted by atomic mass is 32.2. The van der Waals surface area contributed by atoms with Gasteiger partial charge in [0.05, 0.1) is 0 Å². The van der Waals surface area contributed by atoms with Crippen LogP contribution in [0.4, 0.5) is 0 Å². The molecular weight excluding hydrogens is 178 g/mol. The fourth-order valence-corrected chi connectivity index (χ4v) is 2.10. The third-order valence-electron chi connectivity index (χ3n) is 2.52. The maximum atomic E-state index is 3.59.